The minimum Gasteiger partial charge on any atom is -0.477 e. The maximum atomic E-state index is 13.1. The Balaban J connectivity index is 2.29. The number of likely N-dealkylation sites (tertiary alicyclic amines) is 1. The Kier molecular flexibility index (Phi) is 5.00. The van der Waals surface area contributed by atoms with E-state index >= 15 is 0 Å². The number of carbonyl (C=O) groups is 2. The molecule has 2 heterocycles. The van der Waals surface area contributed by atoms with Crippen LogP contribution in [0.1, 0.15) is 23.0 Å². The first-order valence-corrected chi connectivity index (χ1v) is 7.40. The molecular weight excluding hydrogens is 327 g/mol. The number of halogens is 3. The third-order valence-corrected chi connectivity index (χ3v) is 3.90. The second kappa shape index (κ2) is 6.66. The monoisotopic (exact) mass is 345 g/mol. The highest BCUT2D eigenvalue weighted by Gasteiger charge is 2.53. The average molecular weight is 345 g/mol. The Hall–Kier alpha value is -2.32. The number of ether oxygens (including phenoxy) is 1. The molecule has 0 spiro atoms. The van der Waals surface area contributed by atoms with Crippen molar-refractivity contribution in [1.82, 2.24) is 9.88 Å². The van der Waals surface area contributed by atoms with E-state index in [0.29, 0.717) is 5.69 Å². The molecule has 0 aromatic carbocycles. The van der Waals surface area contributed by atoms with E-state index < -0.39 is 36.4 Å². The van der Waals surface area contributed by atoms with Crippen LogP contribution in [0, 0.1) is 18.8 Å². The van der Waals surface area contributed by atoms with Gasteiger partial charge in [-0.15, -0.1) is 0 Å². The summed E-state index contributed by atoms with van der Waals surface area (Å²) in [6, 6.07) is 3.02. The van der Waals surface area contributed by atoms with Crippen LogP contribution in [0.4, 0.5) is 13.2 Å². The lowest BCUT2D eigenvalue weighted by molar-refractivity contribution is -0.182. The van der Waals surface area contributed by atoms with Gasteiger partial charge < -0.3 is 15.4 Å². The van der Waals surface area contributed by atoms with Crippen LogP contribution in [0.15, 0.2) is 12.1 Å². The van der Waals surface area contributed by atoms with E-state index in [-0.39, 0.29) is 24.6 Å². The maximum Gasteiger partial charge on any atom is 0.394 e. The Morgan fingerprint density at radius 2 is 2.04 bits per heavy atom. The molecule has 0 unspecified atom stereocenters. The molecule has 2 rings (SSSR count). The standard InChI is InChI=1S/C15H18F3N3O3/c1-3-24-13-9(5-4-8(2)20-13)14(23)21-6-10(12(19)22)11(7-21)15(16,17)18/h4-5,10-11H,3,6-7H2,1-2H3,(H2,19,22)/t10-,11-/m1/s1. The first-order valence-electron chi connectivity index (χ1n) is 7.40. The van der Waals surface area contributed by atoms with Crippen LogP contribution in [0.5, 0.6) is 5.88 Å². The summed E-state index contributed by atoms with van der Waals surface area (Å²) in [6.45, 7) is 2.67. The van der Waals surface area contributed by atoms with Crippen LogP contribution in [0.3, 0.4) is 0 Å². The Bertz CT molecular complexity index is 649. The van der Waals surface area contributed by atoms with Crippen molar-refractivity contribution in [3.8, 4) is 5.88 Å². The zero-order chi connectivity index (χ0) is 18.1. The number of aryl methyl sites for hydroxylation is 1. The fourth-order valence-electron chi connectivity index (χ4n) is 2.70. The van der Waals surface area contributed by atoms with Crippen LogP contribution in [-0.4, -0.2) is 47.6 Å². The van der Waals surface area contributed by atoms with Gasteiger partial charge in [0.05, 0.1) is 18.4 Å². The number of pyridine rings is 1. The molecule has 1 aliphatic rings. The van der Waals surface area contributed by atoms with Gasteiger partial charge >= 0.3 is 6.18 Å². The average Bonchev–Trinajstić information content (AvgIpc) is 2.92. The number of alkyl halides is 3. The predicted molar refractivity (Wildman–Crippen MR) is 78.3 cm³/mol. The van der Waals surface area contributed by atoms with E-state index in [1.807, 2.05) is 0 Å². The van der Waals surface area contributed by atoms with Gasteiger partial charge in [0, 0.05) is 18.8 Å². The minimum absolute atomic E-state index is 0.0634. The first-order chi connectivity index (χ1) is 11.1. The Morgan fingerprint density at radius 3 is 2.54 bits per heavy atom. The molecule has 6 nitrogen and oxygen atoms in total. The van der Waals surface area contributed by atoms with Crippen molar-refractivity contribution in [3.63, 3.8) is 0 Å². The zero-order valence-corrected chi connectivity index (χ0v) is 13.3. The van der Waals surface area contributed by atoms with Gasteiger partial charge in [0.15, 0.2) is 0 Å². The molecule has 9 heteroatoms. The third kappa shape index (κ3) is 3.60. The fourth-order valence-corrected chi connectivity index (χ4v) is 2.70. The second-order valence-corrected chi connectivity index (χ2v) is 5.61. The summed E-state index contributed by atoms with van der Waals surface area (Å²) in [6.07, 6.45) is -4.61. The van der Waals surface area contributed by atoms with E-state index in [9.17, 15) is 22.8 Å². The van der Waals surface area contributed by atoms with Crippen molar-refractivity contribution in [2.24, 2.45) is 17.6 Å². The van der Waals surface area contributed by atoms with Gasteiger partial charge in [-0.05, 0) is 26.0 Å². The highest BCUT2D eigenvalue weighted by atomic mass is 19.4. The second-order valence-electron chi connectivity index (χ2n) is 5.61. The Labute approximate surface area is 136 Å². The number of nitrogens with zero attached hydrogens (tertiary/aromatic N) is 2. The highest BCUT2D eigenvalue weighted by molar-refractivity contribution is 5.97. The van der Waals surface area contributed by atoms with Crippen molar-refractivity contribution < 1.29 is 27.5 Å². The van der Waals surface area contributed by atoms with Crippen molar-refractivity contribution >= 4 is 11.8 Å². The van der Waals surface area contributed by atoms with Crippen molar-refractivity contribution in [2.75, 3.05) is 19.7 Å². The molecule has 132 valence electrons. The first kappa shape index (κ1) is 18.0. The van der Waals surface area contributed by atoms with E-state index in [2.05, 4.69) is 4.98 Å². The summed E-state index contributed by atoms with van der Waals surface area (Å²) < 4.78 is 44.5. The van der Waals surface area contributed by atoms with Gasteiger partial charge in [-0.1, -0.05) is 0 Å². The Morgan fingerprint density at radius 1 is 1.38 bits per heavy atom. The summed E-state index contributed by atoms with van der Waals surface area (Å²) in [5.74, 6) is -5.09. The smallest absolute Gasteiger partial charge is 0.394 e. The SMILES string of the molecule is CCOc1nc(C)ccc1C(=O)N1C[C@@H](C(F)(F)F)[C@H](C(N)=O)C1. The maximum absolute atomic E-state index is 13.1. The van der Waals surface area contributed by atoms with Crippen LogP contribution in [-0.2, 0) is 4.79 Å². The molecule has 0 aliphatic carbocycles. The molecular formula is C15H18F3N3O3. The van der Waals surface area contributed by atoms with Gasteiger partial charge in [-0.2, -0.15) is 13.2 Å². The van der Waals surface area contributed by atoms with Crippen molar-refractivity contribution in [1.29, 1.82) is 0 Å². The molecule has 1 aromatic rings. The highest BCUT2D eigenvalue weighted by Crippen LogP contribution is 2.38. The topological polar surface area (TPSA) is 85.5 Å². The van der Waals surface area contributed by atoms with Gasteiger partial charge in [0.2, 0.25) is 11.8 Å². The van der Waals surface area contributed by atoms with E-state index in [1.165, 1.54) is 6.07 Å². The van der Waals surface area contributed by atoms with Crippen molar-refractivity contribution in [3.05, 3.63) is 23.4 Å². The van der Waals surface area contributed by atoms with Gasteiger partial charge in [-0.25, -0.2) is 4.98 Å². The molecule has 0 saturated carbocycles. The lowest BCUT2D eigenvalue weighted by atomic mass is 9.95. The number of nitrogens with two attached hydrogens (primary N) is 1. The number of hydrogen-bond acceptors (Lipinski definition) is 4. The van der Waals surface area contributed by atoms with Crippen LogP contribution in [0.2, 0.25) is 0 Å². The summed E-state index contributed by atoms with van der Waals surface area (Å²) >= 11 is 0. The van der Waals surface area contributed by atoms with Gasteiger partial charge in [-0.3, -0.25) is 9.59 Å². The van der Waals surface area contributed by atoms with E-state index in [4.69, 9.17) is 10.5 Å². The summed E-state index contributed by atoms with van der Waals surface area (Å²) in [5.41, 5.74) is 5.74. The van der Waals surface area contributed by atoms with Gasteiger partial charge in [0.25, 0.3) is 5.91 Å². The molecule has 2 N–H and O–H groups in total. The number of amides is 2. The van der Waals surface area contributed by atoms with Crippen molar-refractivity contribution in [2.45, 2.75) is 20.0 Å². The summed E-state index contributed by atoms with van der Waals surface area (Å²) in [4.78, 5) is 29.0. The van der Waals surface area contributed by atoms with E-state index in [1.54, 1.807) is 19.9 Å². The van der Waals surface area contributed by atoms with Crippen LogP contribution < -0.4 is 10.5 Å². The lowest BCUT2D eigenvalue weighted by Gasteiger charge is -2.19. The quantitative estimate of drug-likeness (QED) is 0.897. The molecule has 24 heavy (non-hydrogen) atoms. The molecule has 1 aliphatic heterocycles. The fraction of sp³-hybridized carbons (Fsp3) is 0.533. The van der Waals surface area contributed by atoms with Crippen LogP contribution >= 0.6 is 0 Å². The number of rotatable bonds is 4. The summed E-state index contributed by atoms with van der Waals surface area (Å²) in [5, 5.41) is 0. The number of carbonyl (C=O) groups excluding carboxylic acids is 2. The lowest BCUT2D eigenvalue weighted by Crippen LogP contribution is -2.37. The molecule has 1 saturated heterocycles. The largest absolute Gasteiger partial charge is 0.477 e. The predicted octanol–water partition coefficient (Wildman–Crippen LogP) is 1.52. The number of primary amides is 1. The molecule has 0 bridgehead atoms. The molecule has 1 aromatic heterocycles. The molecule has 1 fully saturated rings. The molecule has 2 amide bonds. The zero-order valence-electron chi connectivity index (χ0n) is 13.3. The molecule has 2 atom stereocenters. The number of hydrogen-bond donors (Lipinski definition) is 1. The van der Waals surface area contributed by atoms with Gasteiger partial charge in [0.1, 0.15) is 5.56 Å². The third-order valence-electron chi connectivity index (χ3n) is 3.90. The summed E-state index contributed by atoms with van der Waals surface area (Å²) in [7, 11) is 0. The molecule has 0 radical (unpaired) electrons. The number of aromatic nitrogens is 1. The minimum atomic E-state index is -4.61. The normalized spacial score (nSPS) is 21.0. The van der Waals surface area contributed by atoms with Crippen LogP contribution in [0.25, 0.3) is 0 Å². The van der Waals surface area contributed by atoms with E-state index in [0.717, 1.165) is 4.90 Å².